The maximum absolute atomic E-state index is 12.1. The molecule has 0 radical (unpaired) electrons. The Morgan fingerprint density at radius 3 is 2.32 bits per heavy atom. The van der Waals surface area contributed by atoms with Crippen molar-refractivity contribution in [3.05, 3.63) is 33.8 Å². The standard InChI is InChI=1S/C13H15Cl2NO3/c1-3-16(8-13(18)19-2)12(17)7-9-10(14)5-4-6-11(9)15/h4-6H,3,7-8H2,1-2H3. The third kappa shape index (κ3) is 4.40. The van der Waals surface area contributed by atoms with Crippen LogP contribution in [-0.4, -0.2) is 37.0 Å². The minimum Gasteiger partial charge on any atom is -0.468 e. The van der Waals surface area contributed by atoms with Crippen LogP contribution in [0.4, 0.5) is 0 Å². The number of amides is 1. The van der Waals surface area contributed by atoms with Crippen LogP contribution in [0.1, 0.15) is 12.5 Å². The lowest BCUT2D eigenvalue weighted by Gasteiger charge is -2.20. The number of halogens is 2. The normalized spacial score (nSPS) is 10.1. The number of methoxy groups -OCH3 is 1. The summed E-state index contributed by atoms with van der Waals surface area (Å²) >= 11 is 12.0. The van der Waals surface area contributed by atoms with Crippen LogP contribution in [0.5, 0.6) is 0 Å². The largest absolute Gasteiger partial charge is 0.468 e. The molecule has 6 heteroatoms. The molecule has 0 spiro atoms. The number of carbonyl (C=O) groups is 2. The Hall–Kier alpha value is -1.26. The van der Waals surface area contributed by atoms with Gasteiger partial charge < -0.3 is 9.64 Å². The van der Waals surface area contributed by atoms with Crippen LogP contribution >= 0.6 is 23.2 Å². The molecule has 1 aromatic carbocycles. The smallest absolute Gasteiger partial charge is 0.325 e. The van der Waals surface area contributed by atoms with E-state index in [2.05, 4.69) is 4.74 Å². The highest BCUT2D eigenvalue weighted by molar-refractivity contribution is 6.36. The van der Waals surface area contributed by atoms with Gasteiger partial charge in [-0.2, -0.15) is 0 Å². The average Bonchev–Trinajstić information content (AvgIpc) is 2.39. The monoisotopic (exact) mass is 303 g/mol. The van der Waals surface area contributed by atoms with Crippen molar-refractivity contribution in [3.8, 4) is 0 Å². The zero-order valence-electron chi connectivity index (χ0n) is 10.8. The minimum atomic E-state index is -0.458. The van der Waals surface area contributed by atoms with Crippen LogP contribution in [0, 0.1) is 0 Å². The molecule has 1 amide bonds. The van der Waals surface area contributed by atoms with Crippen molar-refractivity contribution in [2.24, 2.45) is 0 Å². The lowest BCUT2D eigenvalue weighted by molar-refractivity contribution is -0.146. The van der Waals surface area contributed by atoms with E-state index in [1.165, 1.54) is 12.0 Å². The molecular weight excluding hydrogens is 289 g/mol. The van der Waals surface area contributed by atoms with Crippen LogP contribution in [0.3, 0.4) is 0 Å². The van der Waals surface area contributed by atoms with Gasteiger partial charge in [0.25, 0.3) is 0 Å². The van der Waals surface area contributed by atoms with Gasteiger partial charge in [0, 0.05) is 16.6 Å². The summed E-state index contributed by atoms with van der Waals surface area (Å²) in [5.41, 5.74) is 0.569. The van der Waals surface area contributed by atoms with E-state index in [1.54, 1.807) is 25.1 Å². The van der Waals surface area contributed by atoms with Gasteiger partial charge in [-0.3, -0.25) is 9.59 Å². The third-order valence-electron chi connectivity index (χ3n) is 2.67. The van der Waals surface area contributed by atoms with Gasteiger partial charge in [-0.25, -0.2) is 0 Å². The second-order valence-corrected chi connectivity index (χ2v) is 4.68. The third-order valence-corrected chi connectivity index (χ3v) is 3.38. The summed E-state index contributed by atoms with van der Waals surface area (Å²) in [4.78, 5) is 24.7. The number of ether oxygens (including phenoxy) is 1. The molecule has 0 aromatic heterocycles. The summed E-state index contributed by atoms with van der Waals surface area (Å²) in [7, 11) is 1.28. The first-order valence-corrected chi connectivity index (χ1v) is 6.52. The van der Waals surface area contributed by atoms with E-state index in [0.29, 0.717) is 22.2 Å². The second-order valence-electron chi connectivity index (χ2n) is 3.86. The van der Waals surface area contributed by atoms with Crippen LogP contribution in [0.25, 0.3) is 0 Å². The fourth-order valence-corrected chi connectivity index (χ4v) is 2.09. The Morgan fingerprint density at radius 1 is 1.26 bits per heavy atom. The summed E-state index contributed by atoms with van der Waals surface area (Å²) < 4.78 is 4.55. The molecule has 0 bridgehead atoms. The molecule has 0 atom stereocenters. The Labute approximate surface area is 122 Å². The molecule has 4 nitrogen and oxygen atoms in total. The van der Waals surface area contributed by atoms with Gasteiger partial charge in [0.2, 0.25) is 5.91 Å². The summed E-state index contributed by atoms with van der Waals surface area (Å²) in [6.45, 7) is 2.12. The SMILES string of the molecule is CCN(CC(=O)OC)C(=O)Cc1c(Cl)cccc1Cl. The lowest BCUT2D eigenvalue weighted by Crippen LogP contribution is -2.37. The van der Waals surface area contributed by atoms with Gasteiger partial charge in [0.1, 0.15) is 6.54 Å². The number of hydrogen-bond donors (Lipinski definition) is 0. The zero-order valence-corrected chi connectivity index (χ0v) is 12.3. The van der Waals surface area contributed by atoms with Crippen LogP contribution in [0.15, 0.2) is 18.2 Å². The number of hydrogen-bond acceptors (Lipinski definition) is 3. The van der Waals surface area contributed by atoms with Crippen molar-refractivity contribution in [2.45, 2.75) is 13.3 Å². The fraction of sp³-hybridized carbons (Fsp3) is 0.385. The zero-order chi connectivity index (χ0) is 14.4. The molecule has 0 fully saturated rings. The predicted octanol–water partition coefficient (Wildman–Crippen LogP) is 2.56. The molecule has 104 valence electrons. The first-order valence-electron chi connectivity index (χ1n) is 5.77. The Morgan fingerprint density at radius 2 is 1.84 bits per heavy atom. The Kier molecular flexibility index (Phi) is 6.12. The lowest BCUT2D eigenvalue weighted by atomic mass is 10.1. The quantitative estimate of drug-likeness (QED) is 0.785. The van der Waals surface area contributed by atoms with Crippen LogP contribution in [-0.2, 0) is 20.7 Å². The maximum atomic E-state index is 12.1. The van der Waals surface area contributed by atoms with Crippen molar-refractivity contribution in [2.75, 3.05) is 20.2 Å². The van der Waals surface area contributed by atoms with Crippen molar-refractivity contribution in [1.82, 2.24) is 4.90 Å². The average molecular weight is 304 g/mol. The maximum Gasteiger partial charge on any atom is 0.325 e. The van der Waals surface area contributed by atoms with E-state index in [9.17, 15) is 9.59 Å². The molecule has 1 aromatic rings. The van der Waals surface area contributed by atoms with Crippen LogP contribution < -0.4 is 0 Å². The highest BCUT2D eigenvalue weighted by Crippen LogP contribution is 2.25. The molecule has 0 aliphatic rings. The molecule has 1 rings (SSSR count). The number of benzene rings is 1. The minimum absolute atomic E-state index is 0.0589. The van der Waals surface area contributed by atoms with E-state index in [0.717, 1.165) is 0 Å². The highest BCUT2D eigenvalue weighted by Gasteiger charge is 2.18. The molecular formula is C13H15Cl2NO3. The molecule has 0 aliphatic heterocycles. The van der Waals surface area contributed by atoms with Gasteiger partial charge >= 0.3 is 5.97 Å². The number of likely N-dealkylation sites (N-methyl/N-ethyl adjacent to an activating group) is 1. The van der Waals surface area contributed by atoms with Gasteiger partial charge in [0.05, 0.1) is 13.5 Å². The summed E-state index contributed by atoms with van der Waals surface area (Å²) in [6, 6.07) is 5.06. The van der Waals surface area contributed by atoms with E-state index in [-0.39, 0.29) is 18.9 Å². The number of nitrogens with zero attached hydrogens (tertiary/aromatic N) is 1. The molecule has 0 unspecified atom stereocenters. The fourth-order valence-electron chi connectivity index (χ4n) is 1.56. The first kappa shape index (κ1) is 15.8. The van der Waals surface area contributed by atoms with E-state index < -0.39 is 5.97 Å². The number of carbonyl (C=O) groups excluding carboxylic acids is 2. The summed E-state index contributed by atoms with van der Waals surface area (Å²) in [5, 5.41) is 0.880. The van der Waals surface area contributed by atoms with E-state index in [4.69, 9.17) is 23.2 Å². The van der Waals surface area contributed by atoms with E-state index >= 15 is 0 Å². The summed E-state index contributed by atoms with van der Waals surface area (Å²) in [6.07, 6.45) is 0.0589. The number of esters is 1. The highest BCUT2D eigenvalue weighted by atomic mass is 35.5. The molecule has 19 heavy (non-hydrogen) atoms. The predicted molar refractivity (Wildman–Crippen MR) is 74.4 cm³/mol. The molecule has 0 heterocycles. The van der Waals surface area contributed by atoms with Crippen molar-refractivity contribution >= 4 is 35.1 Å². The summed E-state index contributed by atoms with van der Waals surface area (Å²) in [5.74, 6) is -0.677. The topological polar surface area (TPSA) is 46.6 Å². The van der Waals surface area contributed by atoms with Crippen LogP contribution in [0.2, 0.25) is 10.0 Å². The van der Waals surface area contributed by atoms with Gasteiger partial charge in [-0.15, -0.1) is 0 Å². The molecule has 0 N–H and O–H groups in total. The van der Waals surface area contributed by atoms with Gasteiger partial charge in [-0.05, 0) is 24.6 Å². The Bertz CT molecular complexity index is 457. The second kappa shape index (κ2) is 7.36. The Balaban J connectivity index is 2.80. The van der Waals surface area contributed by atoms with E-state index in [1.807, 2.05) is 0 Å². The first-order chi connectivity index (χ1) is 8.99. The van der Waals surface area contributed by atoms with Crippen molar-refractivity contribution in [1.29, 1.82) is 0 Å². The molecule has 0 saturated heterocycles. The van der Waals surface area contributed by atoms with Gasteiger partial charge in [-0.1, -0.05) is 29.3 Å². The van der Waals surface area contributed by atoms with Gasteiger partial charge in [0.15, 0.2) is 0 Å². The van der Waals surface area contributed by atoms with Crippen molar-refractivity contribution in [3.63, 3.8) is 0 Å². The molecule has 0 aliphatic carbocycles. The molecule has 0 saturated carbocycles. The van der Waals surface area contributed by atoms with Crippen molar-refractivity contribution < 1.29 is 14.3 Å². The number of rotatable bonds is 5.